The monoisotopic (exact) mass is 471 g/mol. The Kier molecular flexibility index (Phi) is 5.67. The van der Waals surface area contributed by atoms with E-state index >= 15 is 0 Å². The molecule has 0 atom stereocenters. The van der Waals surface area contributed by atoms with Crippen LogP contribution in [0, 0.1) is 5.41 Å². The van der Waals surface area contributed by atoms with Gasteiger partial charge in [-0.2, -0.15) is 0 Å². The van der Waals surface area contributed by atoms with E-state index in [-0.39, 0.29) is 17.0 Å². The summed E-state index contributed by atoms with van der Waals surface area (Å²) in [7, 11) is 3.00. The number of thiazole rings is 1. The third-order valence-corrected chi connectivity index (χ3v) is 7.47. The summed E-state index contributed by atoms with van der Waals surface area (Å²) < 4.78 is 16.7. The minimum atomic E-state index is -0.305. The van der Waals surface area contributed by atoms with Crippen LogP contribution in [-0.2, 0) is 4.74 Å². The SMILES string of the molecule is COc1ccc(-c2cnc(OC)c3nc(NC(=O)N4CCC5(CCOCC5)C4)sc23)c(=O)[nH]1. The van der Waals surface area contributed by atoms with Gasteiger partial charge in [0, 0.05) is 38.1 Å². The Balaban J connectivity index is 1.43. The van der Waals surface area contributed by atoms with Gasteiger partial charge in [-0.05, 0) is 36.8 Å². The van der Waals surface area contributed by atoms with Crippen molar-refractivity contribution in [1.29, 1.82) is 0 Å². The average Bonchev–Trinajstić information content (AvgIpc) is 3.43. The number of methoxy groups -OCH3 is 2. The largest absolute Gasteiger partial charge is 0.482 e. The lowest BCUT2D eigenvalue weighted by atomic mass is 9.80. The van der Waals surface area contributed by atoms with E-state index in [9.17, 15) is 9.59 Å². The molecule has 11 heteroatoms. The van der Waals surface area contributed by atoms with Crippen molar-refractivity contribution in [3.63, 3.8) is 0 Å². The number of nitrogens with zero attached hydrogens (tertiary/aromatic N) is 3. The van der Waals surface area contributed by atoms with Crippen molar-refractivity contribution in [2.45, 2.75) is 19.3 Å². The van der Waals surface area contributed by atoms with Crippen LogP contribution >= 0.6 is 11.3 Å². The Hall–Kier alpha value is -3.18. The number of carbonyl (C=O) groups excluding carboxylic acids is 1. The molecule has 0 bridgehead atoms. The van der Waals surface area contributed by atoms with Crippen molar-refractivity contribution < 1.29 is 19.0 Å². The van der Waals surface area contributed by atoms with Crippen molar-refractivity contribution in [2.75, 3.05) is 45.8 Å². The molecule has 0 aromatic carbocycles. The van der Waals surface area contributed by atoms with Gasteiger partial charge in [0.1, 0.15) is 5.52 Å². The van der Waals surface area contributed by atoms with Crippen molar-refractivity contribution in [3.8, 4) is 22.9 Å². The minimum Gasteiger partial charge on any atom is -0.482 e. The number of carbonyl (C=O) groups is 1. The standard InChI is InChI=1S/C22H25N5O5S/c1-30-15-4-3-13(18(28)24-15)14-11-23-19(31-2)16-17(14)33-20(25-16)26-21(29)27-8-5-22(12-27)6-9-32-10-7-22/h3-4,11H,5-10,12H2,1-2H3,(H,24,28)(H,25,26,29). The number of hydrogen-bond donors (Lipinski definition) is 2. The van der Waals surface area contributed by atoms with E-state index in [1.54, 1.807) is 18.3 Å². The molecule has 3 aromatic heterocycles. The fraction of sp³-hybridized carbons (Fsp3) is 0.455. The molecule has 0 unspecified atom stereocenters. The number of urea groups is 1. The molecule has 3 aromatic rings. The number of anilines is 1. The highest BCUT2D eigenvalue weighted by molar-refractivity contribution is 7.23. The Labute approximate surface area is 193 Å². The number of hydrogen-bond acceptors (Lipinski definition) is 8. The van der Waals surface area contributed by atoms with Crippen LogP contribution in [0.1, 0.15) is 19.3 Å². The number of aromatic nitrogens is 3. The maximum atomic E-state index is 13.0. The number of ether oxygens (including phenoxy) is 3. The maximum Gasteiger partial charge on any atom is 0.323 e. The summed E-state index contributed by atoms with van der Waals surface area (Å²) in [6, 6.07) is 3.18. The first-order valence-corrected chi connectivity index (χ1v) is 11.6. The molecule has 0 saturated carbocycles. The fourth-order valence-electron chi connectivity index (χ4n) is 4.56. The van der Waals surface area contributed by atoms with Gasteiger partial charge in [0.2, 0.25) is 5.88 Å². The van der Waals surface area contributed by atoms with E-state index < -0.39 is 0 Å². The van der Waals surface area contributed by atoms with Gasteiger partial charge in [-0.15, -0.1) is 0 Å². The summed E-state index contributed by atoms with van der Waals surface area (Å²) in [5.41, 5.74) is 1.39. The highest BCUT2D eigenvalue weighted by Crippen LogP contribution is 2.41. The zero-order chi connectivity index (χ0) is 23.0. The summed E-state index contributed by atoms with van der Waals surface area (Å²) >= 11 is 1.29. The number of likely N-dealkylation sites (tertiary alicyclic amines) is 1. The van der Waals surface area contributed by atoms with Gasteiger partial charge in [0.05, 0.1) is 24.5 Å². The van der Waals surface area contributed by atoms with Crippen LogP contribution < -0.4 is 20.3 Å². The van der Waals surface area contributed by atoms with E-state index in [4.69, 9.17) is 14.2 Å². The fourth-order valence-corrected chi connectivity index (χ4v) is 5.53. The van der Waals surface area contributed by atoms with E-state index in [0.29, 0.717) is 44.8 Å². The second kappa shape index (κ2) is 8.64. The highest BCUT2D eigenvalue weighted by Gasteiger charge is 2.41. The maximum absolute atomic E-state index is 13.0. The number of nitrogens with one attached hydrogen (secondary N) is 2. The molecule has 2 aliphatic heterocycles. The quantitative estimate of drug-likeness (QED) is 0.600. The summed E-state index contributed by atoms with van der Waals surface area (Å²) in [4.78, 5) is 39.0. The first kappa shape index (κ1) is 21.7. The number of aromatic amines is 1. The molecule has 174 valence electrons. The number of pyridine rings is 2. The molecule has 33 heavy (non-hydrogen) atoms. The topological polar surface area (TPSA) is 119 Å². The van der Waals surface area contributed by atoms with Crippen LogP contribution in [0.5, 0.6) is 11.8 Å². The molecular formula is C22H25N5O5S. The van der Waals surface area contributed by atoms with Gasteiger partial charge in [0.25, 0.3) is 5.56 Å². The predicted octanol–water partition coefficient (Wildman–Crippen LogP) is 3.10. The summed E-state index contributed by atoms with van der Waals surface area (Å²) in [5.74, 6) is 0.699. The summed E-state index contributed by atoms with van der Waals surface area (Å²) in [6.45, 7) is 2.96. The molecule has 2 aliphatic rings. The van der Waals surface area contributed by atoms with Gasteiger partial charge in [-0.25, -0.2) is 14.8 Å². The first-order valence-electron chi connectivity index (χ1n) is 10.8. The number of amides is 2. The molecule has 5 heterocycles. The summed E-state index contributed by atoms with van der Waals surface area (Å²) in [5, 5.41) is 3.36. The smallest absolute Gasteiger partial charge is 0.323 e. The lowest BCUT2D eigenvalue weighted by molar-refractivity contribution is 0.0211. The predicted molar refractivity (Wildman–Crippen MR) is 124 cm³/mol. The Bertz CT molecular complexity index is 1250. The third kappa shape index (κ3) is 4.02. The van der Waals surface area contributed by atoms with Crippen LogP contribution in [0.15, 0.2) is 23.1 Å². The van der Waals surface area contributed by atoms with E-state index in [2.05, 4.69) is 20.3 Å². The molecule has 10 nitrogen and oxygen atoms in total. The molecule has 5 rings (SSSR count). The van der Waals surface area contributed by atoms with Crippen molar-refractivity contribution >= 4 is 32.7 Å². The molecule has 1 spiro atoms. The van der Waals surface area contributed by atoms with Crippen LogP contribution in [0.2, 0.25) is 0 Å². The zero-order valence-corrected chi connectivity index (χ0v) is 19.3. The van der Waals surface area contributed by atoms with Crippen LogP contribution in [0.25, 0.3) is 21.3 Å². The number of fused-ring (bicyclic) bond motifs is 1. The molecular weight excluding hydrogens is 446 g/mol. The Morgan fingerprint density at radius 3 is 2.76 bits per heavy atom. The van der Waals surface area contributed by atoms with Gasteiger partial charge < -0.3 is 19.1 Å². The van der Waals surface area contributed by atoms with Crippen molar-refractivity contribution in [3.05, 3.63) is 28.7 Å². The van der Waals surface area contributed by atoms with E-state index in [1.165, 1.54) is 25.6 Å². The van der Waals surface area contributed by atoms with Crippen LogP contribution in [0.3, 0.4) is 0 Å². The highest BCUT2D eigenvalue weighted by atomic mass is 32.1. The van der Waals surface area contributed by atoms with Gasteiger partial charge in [-0.3, -0.25) is 15.1 Å². The molecule has 0 aliphatic carbocycles. The second-order valence-corrected chi connectivity index (χ2v) is 9.36. The Morgan fingerprint density at radius 1 is 1.21 bits per heavy atom. The minimum absolute atomic E-state index is 0.166. The number of H-pyrrole nitrogens is 1. The average molecular weight is 472 g/mol. The summed E-state index contributed by atoms with van der Waals surface area (Å²) in [6.07, 6.45) is 4.55. The van der Waals surface area contributed by atoms with Gasteiger partial charge in [-0.1, -0.05) is 11.3 Å². The number of rotatable bonds is 4. The second-order valence-electron chi connectivity index (χ2n) is 8.36. The normalized spacial score (nSPS) is 17.5. The van der Waals surface area contributed by atoms with Crippen molar-refractivity contribution in [1.82, 2.24) is 19.9 Å². The molecule has 2 fully saturated rings. The van der Waals surface area contributed by atoms with Crippen LogP contribution in [-0.4, -0.2) is 66.4 Å². The van der Waals surface area contributed by atoms with Crippen molar-refractivity contribution in [2.24, 2.45) is 5.41 Å². The lowest BCUT2D eigenvalue weighted by Crippen LogP contribution is -2.37. The zero-order valence-electron chi connectivity index (χ0n) is 18.5. The molecule has 2 N–H and O–H groups in total. The lowest BCUT2D eigenvalue weighted by Gasteiger charge is -2.33. The van der Waals surface area contributed by atoms with Crippen LogP contribution in [0.4, 0.5) is 9.93 Å². The molecule has 2 amide bonds. The molecule has 2 saturated heterocycles. The third-order valence-electron chi connectivity index (χ3n) is 6.46. The van der Waals surface area contributed by atoms with Gasteiger partial charge in [0.15, 0.2) is 11.0 Å². The van der Waals surface area contributed by atoms with Gasteiger partial charge >= 0.3 is 6.03 Å². The van der Waals surface area contributed by atoms with E-state index in [1.807, 2.05) is 4.90 Å². The van der Waals surface area contributed by atoms with E-state index in [0.717, 1.165) is 39.0 Å². The Morgan fingerprint density at radius 2 is 2.03 bits per heavy atom. The first-order chi connectivity index (χ1) is 16.0. The molecule has 0 radical (unpaired) electrons.